The highest BCUT2D eigenvalue weighted by Crippen LogP contribution is 2.49. The van der Waals surface area contributed by atoms with Crippen LogP contribution in [0.15, 0.2) is 64.4 Å². The average Bonchev–Trinajstić information content (AvgIpc) is 3.73. The first-order valence-corrected chi connectivity index (χ1v) is 16.1. The lowest BCUT2D eigenvalue weighted by Gasteiger charge is -2.32. The van der Waals surface area contributed by atoms with Gasteiger partial charge in [-0.2, -0.15) is 0 Å². The number of aliphatic hydroxyl groups is 2. The lowest BCUT2D eigenvalue weighted by molar-refractivity contribution is -0.855. The van der Waals surface area contributed by atoms with Gasteiger partial charge in [0, 0.05) is 36.1 Å². The summed E-state index contributed by atoms with van der Waals surface area (Å²) >= 11 is 0. The lowest BCUT2D eigenvalue weighted by Crippen LogP contribution is -3.07. The van der Waals surface area contributed by atoms with Crippen molar-refractivity contribution in [2.75, 3.05) is 13.3 Å². The van der Waals surface area contributed by atoms with Gasteiger partial charge in [-0.1, -0.05) is 50.5 Å². The number of nitrogens with zero attached hydrogens (tertiary/aromatic N) is 1. The number of benzene rings is 2. The molecule has 0 saturated heterocycles. The predicted octanol–water partition coefficient (Wildman–Crippen LogP) is 2.79. The van der Waals surface area contributed by atoms with Crippen molar-refractivity contribution in [2.45, 2.75) is 94.9 Å². The number of aliphatic imine (C=N–C) groups is 1. The summed E-state index contributed by atoms with van der Waals surface area (Å²) in [6.45, 7) is 2.88. The van der Waals surface area contributed by atoms with E-state index in [4.69, 9.17) is 21.2 Å². The van der Waals surface area contributed by atoms with Crippen LogP contribution in [0.1, 0.15) is 87.6 Å². The first-order valence-electron chi connectivity index (χ1n) is 16.1. The summed E-state index contributed by atoms with van der Waals surface area (Å²) < 4.78 is 6.03. The zero-order valence-corrected chi connectivity index (χ0v) is 26.0. The fraction of sp³-hybridized carbons (Fsp3) is 0.486. The van der Waals surface area contributed by atoms with Gasteiger partial charge in [0.15, 0.2) is 11.5 Å². The number of allylic oxidation sites excluding steroid dienone is 1. The van der Waals surface area contributed by atoms with Crippen molar-refractivity contribution in [3.8, 4) is 17.2 Å². The van der Waals surface area contributed by atoms with Crippen molar-refractivity contribution in [1.82, 2.24) is 0 Å². The average molecular weight is 620 g/mol. The molecule has 0 bridgehead atoms. The van der Waals surface area contributed by atoms with Gasteiger partial charge >= 0.3 is 0 Å². The highest BCUT2D eigenvalue weighted by atomic mass is 16.5. The molecule has 2 heterocycles. The molecule has 3 atom stereocenters. The van der Waals surface area contributed by atoms with Gasteiger partial charge < -0.3 is 36.6 Å². The molecule has 2 aromatic rings. The minimum atomic E-state index is -0.902. The number of phenols is 2. The summed E-state index contributed by atoms with van der Waals surface area (Å²) in [5.41, 5.74) is 17.9. The van der Waals surface area contributed by atoms with E-state index >= 15 is 0 Å². The number of aryl methyl sites for hydroxylation is 1. The Bertz CT molecular complexity index is 1480. The van der Waals surface area contributed by atoms with Gasteiger partial charge in [0.1, 0.15) is 30.0 Å². The molecule has 9 N–H and O–H groups in total. The van der Waals surface area contributed by atoms with Crippen LogP contribution in [0, 0.1) is 0 Å². The molecule has 2 aromatic carbocycles. The van der Waals surface area contributed by atoms with E-state index in [1.165, 1.54) is 22.8 Å². The number of carbonyl (C=O) groups is 1. The van der Waals surface area contributed by atoms with Crippen molar-refractivity contribution in [3.63, 3.8) is 0 Å². The van der Waals surface area contributed by atoms with Gasteiger partial charge in [-0.3, -0.25) is 14.7 Å². The van der Waals surface area contributed by atoms with E-state index in [1.54, 1.807) is 6.07 Å². The summed E-state index contributed by atoms with van der Waals surface area (Å²) in [6, 6.07) is 11.1. The number of ketones is 1. The smallest absolute Gasteiger partial charge is 0.227 e. The Morgan fingerprint density at radius 3 is 2.60 bits per heavy atom. The van der Waals surface area contributed by atoms with Crippen LogP contribution >= 0.6 is 0 Å². The Labute approximate surface area is 264 Å². The maximum absolute atomic E-state index is 12.5. The van der Waals surface area contributed by atoms with Crippen molar-refractivity contribution in [1.29, 1.82) is 0 Å². The Morgan fingerprint density at radius 1 is 1.09 bits per heavy atom. The largest absolute Gasteiger partial charge is 0.508 e. The first kappa shape index (κ1) is 32.8. The van der Waals surface area contributed by atoms with Crippen LogP contribution < -0.4 is 21.1 Å². The molecule has 10 nitrogen and oxygen atoms in total. The van der Waals surface area contributed by atoms with Gasteiger partial charge in [0.2, 0.25) is 6.73 Å². The molecule has 0 amide bonds. The highest BCUT2D eigenvalue weighted by molar-refractivity contribution is 5.90. The van der Waals surface area contributed by atoms with E-state index in [1.807, 2.05) is 31.5 Å². The number of nitrogens with one attached hydrogen (secondary N) is 1. The second kappa shape index (κ2) is 14.3. The van der Waals surface area contributed by atoms with E-state index in [-0.39, 0.29) is 60.9 Å². The zero-order valence-electron chi connectivity index (χ0n) is 26.0. The second-order valence-corrected chi connectivity index (χ2v) is 12.8. The number of fused-ring (bicyclic) bond motifs is 1. The normalized spacial score (nSPS) is 20.0. The number of rotatable bonds is 15. The number of phenolic OH excluding ortho intramolecular Hbond substituents is 2. The van der Waals surface area contributed by atoms with Gasteiger partial charge in [0.05, 0.1) is 18.4 Å². The molecular formula is C35H47N4O6+. The number of Topliss-reactive ketones (excluding diaryl/α,β-unsaturated/α-hetero) is 1. The standard InChI is InChI=1S/C35H46N4O6/c1-2-6-25(40)15-27(42)16-26(41)10-9-22-14-33(32(44)17-31(22)43)45-21-39-19-28-29(18-38-30(28)20-39)35(11-3-4-12-35)24-8-5-7-23(13-24)34(36)37/h5,7-8,13-14,17-18,20,25,27,34,40,42-44H,2-4,6,9-12,15-16,19,21,36-37H2,1H3/p+1. The van der Waals surface area contributed by atoms with E-state index in [0.29, 0.717) is 18.5 Å². The summed E-state index contributed by atoms with van der Waals surface area (Å²) in [6.07, 6.45) is 8.19. The maximum Gasteiger partial charge on any atom is 0.227 e. The van der Waals surface area contributed by atoms with Crippen molar-refractivity contribution in [2.24, 2.45) is 16.5 Å². The third kappa shape index (κ3) is 7.48. The van der Waals surface area contributed by atoms with E-state index < -0.39 is 18.4 Å². The number of quaternary nitrogens is 1. The van der Waals surface area contributed by atoms with Crippen molar-refractivity contribution >= 4 is 12.0 Å². The molecule has 242 valence electrons. The Morgan fingerprint density at radius 2 is 1.87 bits per heavy atom. The monoisotopic (exact) mass is 619 g/mol. The molecule has 1 saturated carbocycles. The fourth-order valence-corrected chi connectivity index (χ4v) is 7.02. The molecule has 45 heavy (non-hydrogen) atoms. The molecule has 3 aliphatic rings. The Hall–Kier alpha value is -3.54. The zero-order chi connectivity index (χ0) is 32.1. The summed E-state index contributed by atoms with van der Waals surface area (Å²) in [7, 11) is 0. The number of aromatic hydroxyl groups is 2. The van der Waals surface area contributed by atoms with Crippen molar-refractivity contribution < 1.29 is 34.9 Å². The molecule has 0 radical (unpaired) electrons. The number of ether oxygens (including phenoxy) is 1. The molecule has 5 rings (SSSR count). The van der Waals surface area contributed by atoms with Crippen LogP contribution in [0.25, 0.3) is 0 Å². The van der Waals surface area contributed by atoms with E-state index in [9.17, 15) is 25.2 Å². The van der Waals surface area contributed by atoms with Crippen LogP contribution in [-0.2, 0) is 16.6 Å². The predicted molar refractivity (Wildman–Crippen MR) is 172 cm³/mol. The number of aliphatic hydroxyl groups excluding tert-OH is 2. The van der Waals surface area contributed by atoms with Crippen LogP contribution in [0.3, 0.4) is 0 Å². The number of nitrogens with two attached hydrogens (primary N) is 2. The molecule has 1 aliphatic carbocycles. The van der Waals surface area contributed by atoms with E-state index in [0.717, 1.165) is 48.3 Å². The Kier molecular flexibility index (Phi) is 10.4. The number of hydrogen-bond acceptors (Lipinski definition) is 9. The summed E-state index contributed by atoms with van der Waals surface area (Å²) in [5.74, 6) is -0.249. The Balaban J connectivity index is 1.23. The topological polar surface area (TPSA) is 176 Å². The van der Waals surface area contributed by atoms with Gasteiger partial charge in [-0.05, 0) is 60.4 Å². The molecular weight excluding hydrogens is 572 g/mol. The van der Waals surface area contributed by atoms with Gasteiger partial charge in [0.25, 0.3) is 0 Å². The summed E-state index contributed by atoms with van der Waals surface area (Å²) in [5, 5.41) is 41.0. The maximum atomic E-state index is 12.5. The lowest BCUT2D eigenvalue weighted by atomic mass is 9.71. The minimum Gasteiger partial charge on any atom is -0.508 e. The third-order valence-corrected chi connectivity index (χ3v) is 9.38. The number of carbonyl (C=O) groups excluding carboxylic acids is 1. The number of hydrogen-bond donors (Lipinski definition) is 7. The van der Waals surface area contributed by atoms with Crippen LogP contribution in [0.2, 0.25) is 0 Å². The van der Waals surface area contributed by atoms with Crippen LogP contribution in [0.5, 0.6) is 17.2 Å². The van der Waals surface area contributed by atoms with E-state index in [2.05, 4.69) is 12.1 Å². The highest BCUT2D eigenvalue weighted by Gasteiger charge is 2.44. The van der Waals surface area contributed by atoms with Crippen molar-refractivity contribution in [3.05, 3.63) is 76.1 Å². The summed E-state index contributed by atoms with van der Waals surface area (Å²) in [4.78, 5) is 18.3. The van der Waals surface area contributed by atoms with Crippen LogP contribution in [0.4, 0.5) is 0 Å². The molecule has 10 heteroatoms. The first-order chi connectivity index (χ1) is 21.6. The molecule has 3 unspecified atom stereocenters. The second-order valence-electron chi connectivity index (χ2n) is 12.8. The minimum absolute atomic E-state index is 0.0520. The fourth-order valence-electron chi connectivity index (χ4n) is 7.02. The van der Waals surface area contributed by atoms with Crippen LogP contribution in [-0.4, -0.2) is 57.9 Å². The third-order valence-electron chi connectivity index (χ3n) is 9.38. The van der Waals surface area contributed by atoms with Gasteiger partial charge in [-0.25, -0.2) is 0 Å². The molecule has 2 aliphatic heterocycles. The SMILES string of the molecule is CCCC(O)CC(O)CC(=O)CCc1cc(OC[NH+]2C=C3N=CC(C4(c5cccc(C(N)N)c5)CCCC4)=C3C2)c(O)cc1O. The quantitative estimate of drug-likeness (QED) is 0.149. The molecule has 0 spiro atoms. The molecule has 1 fully saturated rings. The van der Waals surface area contributed by atoms with Gasteiger partial charge in [-0.15, -0.1) is 0 Å². The molecule has 0 aromatic heterocycles.